The Labute approximate surface area is 134 Å². The number of thioether (sulfide) groups is 1. The van der Waals surface area contributed by atoms with Crippen LogP contribution in [0.5, 0.6) is 0 Å². The highest BCUT2D eigenvalue weighted by atomic mass is 32.2. The number of fused-ring (bicyclic) bond motifs is 1. The summed E-state index contributed by atoms with van der Waals surface area (Å²) in [4.78, 5) is 16.0. The number of anilines is 1. The lowest BCUT2D eigenvalue weighted by Crippen LogP contribution is -2.27. The molecule has 6 nitrogen and oxygen atoms in total. The molecule has 0 radical (unpaired) electrons. The molecule has 0 unspecified atom stereocenters. The molecule has 2 aromatic heterocycles. The van der Waals surface area contributed by atoms with Crippen molar-refractivity contribution in [1.29, 1.82) is 0 Å². The number of carbonyl (C=O) groups excluding carboxylic acids is 1. The Hall–Kier alpha value is -1.73. The number of hydrogen-bond acceptors (Lipinski definition) is 5. The second kappa shape index (κ2) is 8.05. The summed E-state index contributed by atoms with van der Waals surface area (Å²) in [5, 5.41) is 11.8. The molecule has 0 bridgehead atoms. The standard InChI is InChI=1S/C15H22N4O2S/c1-3-5-11-6-4-7-13-17-12(8-9-22-2)15(19(11)13)16-10-14(20)18-21/h4,6-7,16,21H,3,5,8-10H2,1-2H3,(H,18,20). The van der Waals surface area contributed by atoms with Crippen molar-refractivity contribution in [1.82, 2.24) is 14.9 Å². The fraction of sp³-hybridized carbons (Fsp3) is 0.467. The minimum atomic E-state index is -0.473. The fourth-order valence-electron chi connectivity index (χ4n) is 2.42. The van der Waals surface area contributed by atoms with Crippen molar-refractivity contribution in [2.75, 3.05) is 23.9 Å². The lowest BCUT2D eigenvalue weighted by Gasteiger charge is -2.11. The number of aryl methyl sites for hydroxylation is 2. The fourth-order valence-corrected chi connectivity index (χ4v) is 2.81. The van der Waals surface area contributed by atoms with Gasteiger partial charge in [0.2, 0.25) is 0 Å². The van der Waals surface area contributed by atoms with Crippen LogP contribution < -0.4 is 10.8 Å². The molecule has 0 fully saturated rings. The van der Waals surface area contributed by atoms with Gasteiger partial charge in [0.1, 0.15) is 11.5 Å². The van der Waals surface area contributed by atoms with Gasteiger partial charge in [-0.3, -0.25) is 14.4 Å². The van der Waals surface area contributed by atoms with Crippen molar-refractivity contribution < 1.29 is 10.0 Å². The molecule has 0 atom stereocenters. The lowest BCUT2D eigenvalue weighted by molar-refractivity contribution is -0.127. The van der Waals surface area contributed by atoms with Gasteiger partial charge in [-0.2, -0.15) is 11.8 Å². The van der Waals surface area contributed by atoms with E-state index in [0.717, 1.165) is 47.9 Å². The number of imidazole rings is 1. The van der Waals surface area contributed by atoms with E-state index in [2.05, 4.69) is 33.9 Å². The number of aromatic nitrogens is 2. The van der Waals surface area contributed by atoms with E-state index in [1.807, 2.05) is 12.1 Å². The van der Waals surface area contributed by atoms with E-state index in [1.165, 1.54) is 0 Å². The van der Waals surface area contributed by atoms with E-state index in [-0.39, 0.29) is 6.54 Å². The summed E-state index contributed by atoms with van der Waals surface area (Å²) in [7, 11) is 0. The van der Waals surface area contributed by atoms with E-state index >= 15 is 0 Å². The minimum absolute atomic E-state index is 0.0109. The molecule has 3 N–H and O–H groups in total. The van der Waals surface area contributed by atoms with E-state index in [9.17, 15) is 4.79 Å². The first kappa shape index (κ1) is 16.6. The molecule has 1 amide bonds. The molecule has 0 aliphatic rings. The van der Waals surface area contributed by atoms with Gasteiger partial charge in [0.25, 0.3) is 5.91 Å². The third kappa shape index (κ3) is 3.72. The van der Waals surface area contributed by atoms with E-state index < -0.39 is 5.91 Å². The second-order valence-corrected chi connectivity index (χ2v) is 5.98. The molecule has 0 saturated carbocycles. The molecular weight excluding hydrogens is 300 g/mol. The van der Waals surface area contributed by atoms with Gasteiger partial charge in [-0.25, -0.2) is 10.5 Å². The average molecular weight is 322 g/mol. The van der Waals surface area contributed by atoms with E-state index in [0.29, 0.717) is 0 Å². The van der Waals surface area contributed by atoms with Gasteiger partial charge in [-0.05, 0) is 30.6 Å². The van der Waals surface area contributed by atoms with Crippen LogP contribution in [-0.4, -0.2) is 39.1 Å². The van der Waals surface area contributed by atoms with Crippen molar-refractivity contribution in [3.63, 3.8) is 0 Å². The van der Waals surface area contributed by atoms with Crippen molar-refractivity contribution in [3.05, 3.63) is 29.6 Å². The minimum Gasteiger partial charge on any atom is -0.360 e. The monoisotopic (exact) mass is 322 g/mol. The predicted molar refractivity (Wildman–Crippen MR) is 89.7 cm³/mol. The summed E-state index contributed by atoms with van der Waals surface area (Å²) in [5.74, 6) is 1.34. The summed E-state index contributed by atoms with van der Waals surface area (Å²) in [5.41, 5.74) is 4.64. The summed E-state index contributed by atoms with van der Waals surface area (Å²) >= 11 is 1.76. The van der Waals surface area contributed by atoms with Crippen LogP contribution in [0.1, 0.15) is 24.7 Å². The highest BCUT2D eigenvalue weighted by Crippen LogP contribution is 2.22. The molecule has 7 heteroatoms. The molecule has 120 valence electrons. The zero-order chi connectivity index (χ0) is 15.9. The Morgan fingerprint density at radius 2 is 2.23 bits per heavy atom. The number of carbonyl (C=O) groups is 1. The third-order valence-corrected chi connectivity index (χ3v) is 4.00. The molecule has 0 aliphatic heterocycles. The third-order valence-electron chi connectivity index (χ3n) is 3.39. The van der Waals surface area contributed by atoms with Crippen LogP contribution in [-0.2, 0) is 17.6 Å². The van der Waals surface area contributed by atoms with E-state index in [1.54, 1.807) is 17.2 Å². The zero-order valence-electron chi connectivity index (χ0n) is 12.9. The van der Waals surface area contributed by atoms with Crippen molar-refractivity contribution in [2.24, 2.45) is 0 Å². The van der Waals surface area contributed by atoms with Gasteiger partial charge in [0, 0.05) is 12.1 Å². The molecule has 22 heavy (non-hydrogen) atoms. The summed E-state index contributed by atoms with van der Waals surface area (Å²) in [6.45, 7) is 2.15. The van der Waals surface area contributed by atoms with Gasteiger partial charge in [0.15, 0.2) is 0 Å². The summed E-state index contributed by atoms with van der Waals surface area (Å²) < 4.78 is 2.07. The number of rotatable bonds is 8. The Morgan fingerprint density at radius 3 is 2.91 bits per heavy atom. The van der Waals surface area contributed by atoms with Crippen LogP contribution in [0.4, 0.5) is 5.82 Å². The molecule has 0 aliphatic carbocycles. The first-order chi connectivity index (χ1) is 10.7. The lowest BCUT2D eigenvalue weighted by atomic mass is 10.2. The molecule has 0 aromatic carbocycles. The van der Waals surface area contributed by atoms with Gasteiger partial charge < -0.3 is 5.32 Å². The van der Waals surface area contributed by atoms with Gasteiger partial charge in [0.05, 0.1) is 12.2 Å². The summed E-state index contributed by atoms with van der Waals surface area (Å²) in [6.07, 6.45) is 4.87. The first-order valence-corrected chi connectivity index (χ1v) is 8.75. The molecule has 0 saturated heterocycles. The van der Waals surface area contributed by atoms with Crippen molar-refractivity contribution in [2.45, 2.75) is 26.2 Å². The molecule has 2 heterocycles. The largest absolute Gasteiger partial charge is 0.360 e. The number of pyridine rings is 1. The van der Waals surface area contributed by atoms with Crippen LogP contribution >= 0.6 is 11.8 Å². The second-order valence-electron chi connectivity index (χ2n) is 5.00. The smallest absolute Gasteiger partial charge is 0.262 e. The first-order valence-electron chi connectivity index (χ1n) is 7.36. The number of amides is 1. The maximum atomic E-state index is 11.3. The van der Waals surface area contributed by atoms with Crippen LogP contribution in [0, 0.1) is 0 Å². The quantitative estimate of drug-likeness (QED) is 0.512. The maximum Gasteiger partial charge on any atom is 0.262 e. The average Bonchev–Trinajstić information content (AvgIpc) is 2.89. The molecule has 2 aromatic rings. The predicted octanol–water partition coefficient (Wildman–Crippen LogP) is 2.11. The van der Waals surface area contributed by atoms with Gasteiger partial charge in [-0.1, -0.05) is 19.4 Å². The van der Waals surface area contributed by atoms with E-state index in [4.69, 9.17) is 5.21 Å². The van der Waals surface area contributed by atoms with Crippen LogP contribution in [0.2, 0.25) is 0 Å². The summed E-state index contributed by atoms with van der Waals surface area (Å²) in [6, 6.07) is 6.06. The van der Waals surface area contributed by atoms with Crippen molar-refractivity contribution in [3.8, 4) is 0 Å². The van der Waals surface area contributed by atoms with Crippen LogP contribution in [0.3, 0.4) is 0 Å². The molecular formula is C15H22N4O2S. The Morgan fingerprint density at radius 1 is 1.41 bits per heavy atom. The van der Waals surface area contributed by atoms with Crippen LogP contribution in [0.15, 0.2) is 18.2 Å². The highest BCUT2D eigenvalue weighted by molar-refractivity contribution is 7.98. The molecule has 2 rings (SSSR count). The number of nitrogens with zero attached hydrogens (tertiary/aromatic N) is 2. The Kier molecular flexibility index (Phi) is 6.09. The SMILES string of the molecule is CCCc1cccc2nc(CCSC)c(NCC(=O)NO)n12. The van der Waals surface area contributed by atoms with Gasteiger partial charge in [-0.15, -0.1) is 0 Å². The van der Waals surface area contributed by atoms with Crippen LogP contribution in [0.25, 0.3) is 5.65 Å². The zero-order valence-corrected chi connectivity index (χ0v) is 13.7. The highest BCUT2D eigenvalue weighted by Gasteiger charge is 2.15. The normalized spacial score (nSPS) is 10.9. The number of hydroxylamine groups is 1. The van der Waals surface area contributed by atoms with Crippen molar-refractivity contribution >= 4 is 29.1 Å². The Bertz CT molecular complexity index is 642. The maximum absolute atomic E-state index is 11.3. The molecule has 0 spiro atoms. The van der Waals surface area contributed by atoms with Gasteiger partial charge >= 0.3 is 0 Å². The Balaban J connectivity index is 2.42. The topological polar surface area (TPSA) is 78.7 Å². The number of hydrogen-bond donors (Lipinski definition) is 3. The number of nitrogens with one attached hydrogen (secondary N) is 2.